The first kappa shape index (κ1) is 22.0. The minimum atomic E-state index is -0.986. The largest absolute Gasteiger partial charge is 0.507 e. The van der Waals surface area contributed by atoms with Crippen LogP contribution in [0.5, 0.6) is 28.7 Å². The molecule has 0 fully saturated rings. The monoisotopic (exact) mass is 470 g/mol. The molecule has 0 aliphatic rings. The summed E-state index contributed by atoms with van der Waals surface area (Å²) in [6.45, 7) is 0. The van der Waals surface area contributed by atoms with Crippen molar-refractivity contribution in [2.24, 2.45) is 0 Å². The molecule has 170 valence electrons. The molecule has 4 aromatic rings. The molecule has 0 aliphatic carbocycles. The summed E-state index contributed by atoms with van der Waals surface area (Å²) in [5.74, 6) is -4.59. The lowest BCUT2D eigenvalue weighted by atomic mass is 9.91. The van der Waals surface area contributed by atoms with Gasteiger partial charge in [-0.2, -0.15) is 0 Å². The Morgan fingerprint density at radius 1 is 1.03 bits per heavy atom. The van der Waals surface area contributed by atoms with Crippen LogP contribution in [0.3, 0.4) is 0 Å². The maximum Gasteiger partial charge on any atom is 0.306 e. The van der Waals surface area contributed by atoms with Gasteiger partial charge in [0.1, 0.15) is 22.5 Å². The molecule has 33 heavy (non-hydrogen) atoms. The van der Waals surface area contributed by atoms with Crippen LogP contribution >= 0.6 is 11.3 Å². The topological polar surface area (TPSA) is 158 Å². The van der Waals surface area contributed by atoms with E-state index in [1.807, 2.05) is 0 Å². The van der Waals surface area contributed by atoms with Gasteiger partial charge in [-0.15, -0.1) is 11.3 Å². The van der Waals surface area contributed by atoms with Crippen LogP contribution in [0.25, 0.3) is 22.3 Å². The van der Waals surface area contributed by atoms with Gasteiger partial charge in [0.25, 0.3) is 0 Å². The van der Waals surface area contributed by atoms with Crippen molar-refractivity contribution in [3.05, 3.63) is 62.4 Å². The molecule has 0 radical (unpaired) electrons. The van der Waals surface area contributed by atoms with Gasteiger partial charge in [-0.25, -0.2) is 0 Å². The number of aromatic hydroxyl groups is 5. The zero-order valence-corrected chi connectivity index (χ0v) is 17.9. The van der Waals surface area contributed by atoms with Gasteiger partial charge in [0.2, 0.25) is 11.2 Å². The minimum Gasteiger partial charge on any atom is -0.507 e. The van der Waals surface area contributed by atoms with Gasteiger partial charge < -0.3 is 34.7 Å². The molecule has 0 saturated carbocycles. The highest BCUT2D eigenvalue weighted by molar-refractivity contribution is 7.10. The second-order valence-corrected chi connectivity index (χ2v) is 8.17. The Morgan fingerprint density at radius 3 is 2.42 bits per heavy atom. The van der Waals surface area contributed by atoms with E-state index in [0.29, 0.717) is 4.88 Å². The van der Waals surface area contributed by atoms with E-state index in [1.165, 1.54) is 24.5 Å². The number of hydrogen-bond donors (Lipinski definition) is 5. The van der Waals surface area contributed by atoms with Crippen molar-refractivity contribution in [3.63, 3.8) is 0 Å². The van der Waals surface area contributed by atoms with E-state index in [0.717, 1.165) is 18.2 Å². The molecule has 0 aliphatic heterocycles. The van der Waals surface area contributed by atoms with Crippen molar-refractivity contribution in [2.75, 3.05) is 7.11 Å². The van der Waals surface area contributed by atoms with E-state index in [-0.39, 0.29) is 28.9 Å². The lowest BCUT2D eigenvalue weighted by Gasteiger charge is -2.19. The highest BCUT2D eigenvalue weighted by Crippen LogP contribution is 2.45. The quantitative estimate of drug-likeness (QED) is 0.216. The molecule has 4 rings (SSSR count). The maximum atomic E-state index is 13.0. The minimum absolute atomic E-state index is 0.0389. The van der Waals surface area contributed by atoms with Crippen molar-refractivity contribution in [2.45, 2.75) is 12.3 Å². The molecule has 0 amide bonds. The third-order valence-electron chi connectivity index (χ3n) is 5.21. The van der Waals surface area contributed by atoms with Crippen LogP contribution in [0.15, 0.2) is 51.0 Å². The fourth-order valence-corrected chi connectivity index (χ4v) is 4.46. The predicted molar refractivity (Wildman–Crippen MR) is 119 cm³/mol. The van der Waals surface area contributed by atoms with Crippen molar-refractivity contribution >= 4 is 28.3 Å². The second kappa shape index (κ2) is 8.40. The van der Waals surface area contributed by atoms with Crippen molar-refractivity contribution in [3.8, 4) is 40.1 Å². The number of carbonyl (C=O) groups is 1. The molecular formula is C23H18O9S. The van der Waals surface area contributed by atoms with Crippen LogP contribution in [0.4, 0.5) is 0 Å². The molecule has 0 saturated heterocycles. The Morgan fingerprint density at radius 2 is 1.79 bits per heavy atom. The molecule has 0 spiro atoms. The average Bonchev–Trinajstić information content (AvgIpc) is 3.31. The SMILES string of the molecule is COC(=O)C[C@H](c1cccs1)c1c(O)cc(O)c2c(=O)c(O)c(-c3ccc(O)c(O)c3)oc12. The first-order chi connectivity index (χ1) is 15.7. The van der Waals surface area contributed by atoms with Gasteiger partial charge in [0.05, 0.1) is 13.5 Å². The number of rotatable bonds is 5. The number of ether oxygens (including phenoxy) is 1. The van der Waals surface area contributed by atoms with Gasteiger partial charge in [0.15, 0.2) is 17.3 Å². The summed E-state index contributed by atoms with van der Waals surface area (Å²) in [7, 11) is 1.22. The van der Waals surface area contributed by atoms with Gasteiger partial charge in [-0.05, 0) is 29.6 Å². The lowest BCUT2D eigenvalue weighted by molar-refractivity contribution is -0.140. The number of esters is 1. The van der Waals surface area contributed by atoms with Crippen molar-refractivity contribution in [1.29, 1.82) is 0 Å². The first-order valence-electron chi connectivity index (χ1n) is 9.60. The van der Waals surface area contributed by atoms with Crippen LogP contribution in [0.1, 0.15) is 22.8 Å². The van der Waals surface area contributed by atoms with Gasteiger partial charge >= 0.3 is 5.97 Å². The zero-order valence-electron chi connectivity index (χ0n) is 17.1. The summed E-state index contributed by atoms with van der Waals surface area (Å²) in [6, 6.07) is 7.93. The van der Waals surface area contributed by atoms with Crippen LogP contribution in [0.2, 0.25) is 0 Å². The zero-order chi connectivity index (χ0) is 23.9. The molecule has 2 aromatic carbocycles. The summed E-state index contributed by atoms with van der Waals surface area (Å²) in [5, 5.41) is 52.4. The Balaban J connectivity index is 2.08. The summed E-state index contributed by atoms with van der Waals surface area (Å²) in [5.41, 5.74) is -1.14. The Kier molecular flexibility index (Phi) is 5.60. The Labute approximate surface area is 190 Å². The first-order valence-corrected chi connectivity index (χ1v) is 10.5. The van der Waals surface area contributed by atoms with E-state index < -0.39 is 51.4 Å². The number of fused-ring (bicyclic) bond motifs is 1. The Bertz CT molecular complexity index is 1420. The van der Waals surface area contributed by atoms with E-state index in [2.05, 4.69) is 0 Å². The molecule has 2 heterocycles. The molecule has 2 aromatic heterocycles. The Hall–Kier alpha value is -4.18. The number of methoxy groups -OCH3 is 1. The number of phenols is 4. The summed E-state index contributed by atoms with van der Waals surface area (Å²) in [6.07, 6.45) is -0.204. The number of hydrogen-bond acceptors (Lipinski definition) is 10. The number of phenolic OH excluding ortho intramolecular Hbond substituents is 4. The second-order valence-electron chi connectivity index (χ2n) is 7.19. The highest BCUT2D eigenvalue weighted by Gasteiger charge is 2.30. The molecule has 10 heteroatoms. The number of benzene rings is 2. The van der Waals surface area contributed by atoms with E-state index in [9.17, 15) is 35.1 Å². The van der Waals surface area contributed by atoms with Crippen LogP contribution in [0, 0.1) is 0 Å². The summed E-state index contributed by atoms with van der Waals surface area (Å²) >= 11 is 1.30. The van der Waals surface area contributed by atoms with Gasteiger partial charge in [-0.3, -0.25) is 9.59 Å². The van der Waals surface area contributed by atoms with Crippen molar-refractivity contribution < 1.29 is 39.5 Å². The normalized spacial score (nSPS) is 12.0. The van der Waals surface area contributed by atoms with Gasteiger partial charge in [-0.1, -0.05) is 6.07 Å². The molecule has 1 atom stereocenters. The standard InChI is InChI=1S/C23H18O9S/c1-31-17(28)8-11(16-3-2-6-33-16)18-14(26)9-15(27)19-20(29)21(30)22(32-23(18)19)10-4-5-12(24)13(25)7-10/h2-7,9,11,24-27,30H,8H2,1H3/t11-/m1/s1. The van der Waals surface area contributed by atoms with E-state index >= 15 is 0 Å². The van der Waals surface area contributed by atoms with Crippen LogP contribution < -0.4 is 5.43 Å². The van der Waals surface area contributed by atoms with Crippen LogP contribution in [-0.4, -0.2) is 38.6 Å². The third-order valence-corrected chi connectivity index (χ3v) is 6.20. The fraction of sp³-hybridized carbons (Fsp3) is 0.130. The molecule has 5 N–H and O–H groups in total. The lowest BCUT2D eigenvalue weighted by Crippen LogP contribution is -2.11. The average molecular weight is 470 g/mol. The molecule has 9 nitrogen and oxygen atoms in total. The highest BCUT2D eigenvalue weighted by atomic mass is 32.1. The van der Waals surface area contributed by atoms with Crippen LogP contribution in [-0.2, 0) is 9.53 Å². The third kappa shape index (κ3) is 3.80. The van der Waals surface area contributed by atoms with E-state index in [1.54, 1.807) is 17.5 Å². The predicted octanol–water partition coefficient (Wildman–Crippen LogP) is 3.74. The molecular weight excluding hydrogens is 452 g/mol. The molecule has 0 bridgehead atoms. The van der Waals surface area contributed by atoms with E-state index in [4.69, 9.17) is 9.15 Å². The summed E-state index contributed by atoms with van der Waals surface area (Å²) in [4.78, 5) is 25.8. The fourth-order valence-electron chi connectivity index (χ4n) is 3.63. The molecule has 0 unspecified atom stereocenters. The number of carbonyl (C=O) groups excluding carboxylic acids is 1. The maximum absolute atomic E-state index is 13.0. The number of thiophene rings is 1. The van der Waals surface area contributed by atoms with Crippen molar-refractivity contribution in [1.82, 2.24) is 0 Å². The summed E-state index contributed by atoms with van der Waals surface area (Å²) < 4.78 is 10.6. The van der Waals surface area contributed by atoms with Gasteiger partial charge in [0, 0.05) is 28.0 Å². The smallest absolute Gasteiger partial charge is 0.306 e.